The minimum Gasteiger partial charge on any atom is -0.357 e. The van der Waals surface area contributed by atoms with E-state index in [9.17, 15) is 0 Å². The molecule has 0 spiro atoms. The van der Waals surface area contributed by atoms with Crippen molar-refractivity contribution in [3.63, 3.8) is 0 Å². The summed E-state index contributed by atoms with van der Waals surface area (Å²) in [6.45, 7) is 13.8. The summed E-state index contributed by atoms with van der Waals surface area (Å²) in [5.41, 5.74) is 0.454. The van der Waals surface area contributed by atoms with Crippen molar-refractivity contribution in [3.8, 4) is 0 Å². The molecule has 0 aliphatic carbocycles. The van der Waals surface area contributed by atoms with Crippen molar-refractivity contribution in [1.29, 1.82) is 0 Å². The maximum atomic E-state index is 4.52. The molecule has 0 rings (SSSR count). The van der Waals surface area contributed by atoms with Gasteiger partial charge >= 0.3 is 0 Å². The second kappa shape index (κ2) is 8.43. The Kier molecular flexibility index (Phi) is 8.04. The predicted octanol–water partition coefficient (Wildman–Crippen LogP) is 2.78. The van der Waals surface area contributed by atoms with Gasteiger partial charge in [-0.1, -0.05) is 27.2 Å². The van der Waals surface area contributed by atoms with Gasteiger partial charge in [-0.2, -0.15) is 0 Å². The molecule has 0 aromatic rings. The third-order valence-electron chi connectivity index (χ3n) is 2.29. The van der Waals surface area contributed by atoms with Crippen LogP contribution >= 0.6 is 0 Å². The van der Waals surface area contributed by atoms with Crippen LogP contribution in [0.1, 0.15) is 53.9 Å². The van der Waals surface area contributed by atoms with Gasteiger partial charge in [0, 0.05) is 19.6 Å². The second-order valence-electron chi connectivity index (χ2n) is 5.31. The van der Waals surface area contributed by atoms with E-state index in [0.29, 0.717) is 5.41 Å². The van der Waals surface area contributed by atoms with E-state index in [2.05, 4.69) is 50.2 Å². The van der Waals surface area contributed by atoms with E-state index >= 15 is 0 Å². The molecule has 96 valence electrons. The van der Waals surface area contributed by atoms with Gasteiger partial charge in [0.15, 0.2) is 5.96 Å². The van der Waals surface area contributed by atoms with E-state index in [0.717, 1.165) is 25.6 Å². The van der Waals surface area contributed by atoms with Gasteiger partial charge in [-0.25, -0.2) is 0 Å². The summed E-state index contributed by atoms with van der Waals surface area (Å²) in [6, 6.07) is 0. The van der Waals surface area contributed by atoms with Crippen molar-refractivity contribution in [2.24, 2.45) is 10.4 Å². The van der Waals surface area contributed by atoms with Gasteiger partial charge < -0.3 is 10.6 Å². The van der Waals surface area contributed by atoms with Crippen molar-refractivity contribution in [2.45, 2.75) is 53.9 Å². The molecule has 0 saturated heterocycles. The van der Waals surface area contributed by atoms with Gasteiger partial charge in [0.05, 0.1) is 0 Å². The van der Waals surface area contributed by atoms with Crippen molar-refractivity contribution in [2.75, 3.05) is 19.6 Å². The van der Waals surface area contributed by atoms with Gasteiger partial charge in [0.2, 0.25) is 0 Å². The van der Waals surface area contributed by atoms with Crippen LogP contribution in [0.15, 0.2) is 4.99 Å². The lowest BCUT2D eigenvalue weighted by Crippen LogP contribution is -2.37. The largest absolute Gasteiger partial charge is 0.357 e. The summed E-state index contributed by atoms with van der Waals surface area (Å²) in [5, 5.41) is 6.46. The van der Waals surface area contributed by atoms with E-state index in [1.165, 1.54) is 19.3 Å². The fraction of sp³-hybridized carbons (Fsp3) is 0.923. The number of nitrogens with zero attached hydrogens (tertiary/aromatic N) is 1. The minimum absolute atomic E-state index is 0.454. The van der Waals surface area contributed by atoms with Crippen molar-refractivity contribution in [1.82, 2.24) is 10.6 Å². The second-order valence-corrected chi connectivity index (χ2v) is 5.31. The zero-order chi connectivity index (χ0) is 12.4. The summed E-state index contributed by atoms with van der Waals surface area (Å²) >= 11 is 0. The number of hydrogen-bond donors (Lipinski definition) is 2. The van der Waals surface area contributed by atoms with E-state index in [4.69, 9.17) is 0 Å². The first-order chi connectivity index (χ1) is 7.49. The van der Waals surface area contributed by atoms with Crippen LogP contribution in [0, 0.1) is 5.41 Å². The fourth-order valence-electron chi connectivity index (χ4n) is 1.47. The topological polar surface area (TPSA) is 36.4 Å². The summed E-state index contributed by atoms with van der Waals surface area (Å²) in [7, 11) is 0. The third kappa shape index (κ3) is 9.81. The number of rotatable bonds is 6. The number of aliphatic imine (C=N–C) groups is 1. The Labute approximate surface area is 101 Å². The normalized spacial score (nSPS) is 11.1. The molecule has 0 radical (unpaired) electrons. The van der Waals surface area contributed by atoms with E-state index in [1.807, 2.05) is 0 Å². The van der Waals surface area contributed by atoms with Crippen LogP contribution < -0.4 is 10.6 Å². The first kappa shape index (κ1) is 15.3. The third-order valence-corrected chi connectivity index (χ3v) is 2.29. The Morgan fingerprint density at radius 1 is 1.00 bits per heavy atom. The number of guanidine groups is 1. The molecule has 3 heteroatoms. The summed E-state index contributed by atoms with van der Waals surface area (Å²) < 4.78 is 0. The molecule has 0 heterocycles. The van der Waals surface area contributed by atoms with E-state index in [-0.39, 0.29) is 0 Å². The quantitative estimate of drug-likeness (QED) is 0.416. The highest BCUT2D eigenvalue weighted by molar-refractivity contribution is 5.79. The van der Waals surface area contributed by atoms with Gasteiger partial charge in [0.1, 0.15) is 0 Å². The maximum Gasteiger partial charge on any atom is 0.191 e. The highest BCUT2D eigenvalue weighted by atomic mass is 15.2. The highest BCUT2D eigenvalue weighted by Gasteiger charge is 2.08. The molecule has 0 atom stereocenters. The van der Waals surface area contributed by atoms with Gasteiger partial charge in [0.25, 0.3) is 0 Å². The Bertz CT molecular complexity index is 184. The van der Waals surface area contributed by atoms with Gasteiger partial charge in [-0.15, -0.1) is 0 Å². The molecular formula is C13H29N3. The monoisotopic (exact) mass is 227 g/mol. The van der Waals surface area contributed by atoms with Crippen molar-refractivity contribution < 1.29 is 0 Å². The van der Waals surface area contributed by atoms with Crippen molar-refractivity contribution in [3.05, 3.63) is 0 Å². The number of unbranched alkanes of at least 4 members (excludes halogenated alkanes) is 1. The average molecular weight is 227 g/mol. The SMILES string of the molecule is CCNC(=NCCCCC(C)(C)C)NCC. The number of nitrogens with one attached hydrogen (secondary N) is 2. The Morgan fingerprint density at radius 2 is 1.56 bits per heavy atom. The molecule has 0 bridgehead atoms. The lowest BCUT2D eigenvalue weighted by molar-refractivity contribution is 0.361. The molecular weight excluding hydrogens is 198 g/mol. The molecule has 0 amide bonds. The summed E-state index contributed by atoms with van der Waals surface area (Å²) in [4.78, 5) is 4.52. The Hall–Kier alpha value is -0.730. The zero-order valence-corrected chi connectivity index (χ0v) is 11.7. The smallest absolute Gasteiger partial charge is 0.191 e. The molecule has 2 N–H and O–H groups in total. The summed E-state index contributed by atoms with van der Waals surface area (Å²) in [5.74, 6) is 0.945. The molecule has 0 aliphatic rings. The lowest BCUT2D eigenvalue weighted by atomic mass is 9.90. The van der Waals surface area contributed by atoms with Crippen LogP contribution in [0.25, 0.3) is 0 Å². The van der Waals surface area contributed by atoms with Gasteiger partial charge in [-0.05, 0) is 32.1 Å². The standard InChI is InChI=1S/C13H29N3/c1-6-14-12(15-7-2)16-11-9-8-10-13(3,4)5/h6-11H2,1-5H3,(H2,14,15,16). The molecule has 0 fully saturated rings. The fourth-order valence-corrected chi connectivity index (χ4v) is 1.47. The van der Waals surface area contributed by atoms with Gasteiger partial charge in [-0.3, -0.25) is 4.99 Å². The minimum atomic E-state index is 0.454. The highest BCUT2D eigenvalue weighted by Crippen LogP contribution is 2.21. The van der Waals surface area contributed by atoms with E-state index in [1.54, 1.807) is 0 Å². The first-order valence-electron chi connectivity index (χ1n) is 6.51. The van der Waals surface area contributed by atoms with Crippen LogP contribution in [0.5, 0.6) is 0 Å². The Morgan fingerprint density at radius 3 is 2.00 bits per heavy atom. The van der Waals surface area contributed by atoms with Crippen molar-refractivity contribution >= 4 is 5.96 Å². The molecule has 3 nitrogen and oxygen atoms in total. The van der Waals surface area contributed by atoms with Crippen LogP contribution in [-0.2, 0) is 0 Å². The van der Waals surface area contributed by atoms with Crippen LogP contribution in [0.3, 0.4) is 0 Å². The van der Waals surface area contributed by atoms with Crippen LogP contribution in [-0.4, -0.2) is 25.6 Å². The van der Waals surface area contributed by atoms with Crippen LogP contribution in [0.2, 0.25) is 0 Å². The van der Waals surface area contributed by atoms with E-state index < -0.39 is 0 Å². The first-order valence-corrected chi connectivity index (χ1v) is 6.51. The maximum absolute atomic E-state index is 4.52. The molecule has 0 aromatic heterocycles. The van der Waals surface area contributed by atoms with Crippen LogP contribution in [0.4, 0.5) is 0 Å². The molecule has 0 aliphatic heterocycles. The molecule has 0 unspecified atom stereocenters. The molecule has 16 heavy (non-hydrogen) atoms. The molecule has 0 aromatic carbocycles. The summed E-state index contributed by atoms with van der Waals surface area (Å²) in [6.07, 6.45) is 3.72. The Balaban J connectivity index is 3.69. The average Bonchev–Trinajstić information content (AvgIpc) is 2.16. The zero-order valence-electron chi connectivity index (χ0n) is 11.7. The molecule has 0 saturated carbocycles. The number of hydrogen-bond acceptors (Lipinski definition) is 1. The lowest BCUT2D eigenvalue weighted by Gasteiger charge is -2.17. The predicted molar refractivity (Wildman–Crippen MR) is 73.0 cm³/mol.